The molecule has 6 heteroatoms. The molecule has 0 saturated heterocycles. The Morgan fingerprint density at radius 3 is 3.00 bits per heavy atom. The van der Waals surface area contributed by atoms with Gasteiger partial charge in [-0.3, -0.25) is 5.10 Å². The number of benzene rings is 1. The molecule has 0 bridgehead atoms. The van der Waals surface area contributed by atoms with Gasteiger partial charge in [-0.15, -0.1) is 5.10 Å². The third-order valence-corrected chi connectivity index (χ3v) is 3.55. The number of fused-ring (bicyclic) bond motifs is 2. The first kappa shape index (κ1) is 12.1. The molecule has 1 aliphatic rings. The Hall–Kier alpha value is -2.63. The van der Waals surface area contributed by atoms with Crippen LogP contribution in [0.4, 0.5) is 11.5 Å². The number of pyridine rings is 1. The molecular weight excluding hydrogens is 266 g/mol. The average molecular weight is 281 g/mol. The van der Waals surface area contributed by atoms with Crippen molar-refractivity contribution in [3.63, 3.8) is 0 Å². The van der Waals surface area contributed by atoms with Crippen molar-refractivity contribution in [2.24, 2.45) is 0 Å². The molecule has 0 unspecified atom stereocenters. The van der Waals surface area contributed by atoms with Crippen LogP contribution in [-0.2, 0) is 0 Å². The van der Waals surface area contributed by atoms with Crippen LogP contribution in [0.15, 0.2) is 36.5 Å². The average Bonchev–Trinajstić information content (AvgIpc) is 2.91. The lowest BCUT2D eigenvalue weighted by molar-refractivity contribution is 0.109. The van der Waals surface area contributed by atoms with Gasteiger partial charge in [-0.05, 0) is 32.0 Å². The van der Waals surface area contributed by atoms with Crippen LogP contribution in [0.25, 0.3) is 11.0 Å². The monoisotopic (exact) mass is 281 g/mol. The van der Waals surface area contributed by atoms with Gasteiger partial charge < -0.3 is 9.64 Å². The minimum atomic E-state index is -0.304. The number of hydrogen-bond donors (Lipinski definition) is 1. The molecule has 0 aliphatic carbocycles. The van der Waals surface area contributed by atoms with E-state index in [1.165, 1.54) is 0 Å². The number of nitrogens with one attached hydrogen (secondary N) is 1. The van der Waals surface area contributed by atoms with Crippen LogP contribution in [0.2, 0.25) is 0 Å². The molecule has 6 nitrogen and oxygen atoms in total. The maximum absolute atomic E-state index is 6.10. The van der Waals surface area contributed by atoms with Crippen LogP contribution >= 0.6 is 0 Å². The summed E-state index contributed by atoms with van der Waals surface area (Å²) in [5.41, 5.74) is 2.36. The highest BCUT2D eigenvalue weighted by atomic mass is 16.5. The predicted octanol–water partition coefficient (Wildman–Crippen LogP) is 2.66. The van der Waals surface area contributed by atoms with Gasteiger partial charge in [-0.1, -0.05) is 11.3 Å². The molecule has 1 aromatic carbocycles. The highest BCUT2D eigenvalue weighted by molar-refractivity contribution is 5.85. The van der Waals surface area contributed by atoms with Gasteiger partial charge >= 0.3 is 0 Å². The summed E-state index contributed by atoms with van der Waals surface area (Å²) < 4.78 is 6.10. The van der Waals surface area contributed by atoms with E-state index in [0.29, 0.717) is 0 Å². The summed E-state index contributed by atoms with van der Waals surface area (Å²) in [4.78, 5) is 6.63. The van der Waals surface area contributed by atoms with Crippen molar-refractivity contribution < 1.29 is 4.74 Å². The molecule has 3 aromatic rings. The minimum absolute atomic E-state index is 0.304. The van der Waals surface area contributed by atoms with Gasteiger partial charge in [0.05, 0.1) is 17.7 Å². The molecule has 0 radical (unpaired) electrons. The maximum Gasteiger partial charge on any atom is 0.146 e. The third-order valence-electron chi connectivity index (χ3n) is 3.55. The lowest BCUT2D eigenvalue weighted by Gasteiger charge is -2.40. The quantitative estimate of drug-likeness (QED) is 0.742. The second-order valence-corrected chi connectivity index (χ2v) is 5.78. The van der Waals surface area contributed by atoms with Gasteiger partial charge in [-0.2, -0.15) is 0 Å². The second-order valence-electron chi connectivity index (χ2n) is 5.78. The molecule has 106 valence electrons. The van der Waals surface area contributed by atoms with Crippen molar-refractivity contribution in [3.05, 3.63) is 36.5 Å². The topological polar surface area (TPSA) is 66.9 Å². The largest absolute Gasteiger partial charge is 0.484 e. The van der Waals surface area contributed by atoms with Crippen LogP contribution in [-0.4, -0.2) is 32.5 Å². The molecule has 21 heavy (non-hydrogen) atoms. The Morgan fingerprint density at radius 2 is 2.19 bits per heavy atom. The molecule has 1 N–H and O–H groups in total. The van der Waals surface area contributed by atoms with E-state index >= 15 is 0 Å². The normalized spacial score (nSPS) is 16.6. The summed E-state index contributed by atoms with van der Waals surface area (Å²) in [6, 6.07) is 9.83. The number of rotatable bonds is 1. The molecule has 0 amide bonds. The highest BCUT2D eigenvalue weighted by Crippen LogP contribution is 2.41. The first-order valence-corrected chi connectivity index (χ1v) is 6.85. The number of ether oxygens (including phenoxy) is 1. The van der Waals surface area contributed by atoms with E-state index in [9.17, 15) is 0 Å². The zero-order valence-electron chi connectivity index (χ0n) is 11.9. The van der Waals surface area contributed by atoms with E-state index in [-0.39, 0.29) is 5.60 Å². The summed E-state index contributed by atoms with van der Waals surface area (Å²) in [5.74, 6) is 1.71. The molecule has 1 aliphatic heterocycles. The van der Waals surface area contributed by atoms with Crippen molar-refractivity contribution >= 4 is 22.5 Å². The van der Waals surface area contributed by atoms with Gasteiger partial charge in [0.2, 0.25) is 0 Å². The lowest BCUT2D eigenvalue weighted by atomic mass is 10.0. The van der Waals surface area contributed by atoms with Gasteiger partial charge in [0.25, 0.3) is 0 Å². The first-order chi connectivity index (χ1) is 10.1. The zero-order chi connectivity index (χ0) is 14.4. The van der Waals surface area contributed by atoms with E-state index in [2.05, 4.69) is 39.1 Å². The van der Waals surface area contributed by atoms with Crippen LogP contribution in [0.3, 0.4) is 0 Å². The van der Waals surface area contributed by atoms with E-state index < -0.39 is 0 Å². The van der Waals surface area contributed by atoms with Crippen LogP contribution in [0.5, 0.6) is 5.75 Å². The highest BCUT2D eigenvalue weighted by Gasteiger charge is 2.33. The fourth-order valence-electron chi connectivity index (χ4n) is 2.67. The molecule has 3 heterocycles. The number of aromatic nitrogens is 4. The standard InChI is InChI=1S/C15H15N5O/c1-15(2)9-20(14-5-3-4-6-16-14)12-7-10-11(18-19-17-10)8-13(12)21-15/h3-8H,9H2,1-2H3,(H,17,18,19). The molecule has 0 saturated carbocycles. The molecule has 0 fully saturated rings. The summed E-state index contributed by atoms with van der Waals surface area (Å²) in [6.45, 7) is 4.86. The predicted molar refractivity (Wildman–Crippen MR) is 79.8 cm³/mol. The fourth-order valence-corrected chi connectivity index (χ4v) is 2.67. The van der Waals surface area contributed by atoms with E-state index in [1.54, 1.807) is 6.20 Å². The number of anilines is 2. The Morgan fingerprint density at radius 1 is 1.29 bits per heavy atom. The SMILES string of the molecule is CC1(C)CN(c2ccccn2)c2cc3[nH]nnc3cc2O1. The third kappa shape index (κ3) is 1.99. The summed E-state index contributed by atoms with van der Waals surface area (Å²) in [7, 11) is 0. The Bertz CT molecular complexity index is 796. The molecule has 0 atom stereocenters. The van der Waals surface area contributed by atoms with Gasteiger partial charge in [-0.25, -0.2) is 4.98 Å². The van der Waals surface area contributed by atoms with Gasteiger partial charge in [0.15, 0.2) is 0 Å². The summed E-state index contributed by atoms with van der Waals surface area (Å²) >= 11 is 0. The van der Waals surface area contributed by atoms with Crippen molar-refractivity contribution in [2.45, 2.75) is 19.4 Å². The minimum Gasteiger partial charge on any atom is -0.484 e. The molecule has 0 spiro atoms. The number of H-pyrrole nitrogens is 1. The van der Waals surface area contributed by atoms with Crippen molar-refractivity contribution in [1.29, 1.82) is 0 Å². The van der Waals surface area contributed by atoms with Crippen molar-refractivity contribution in [3.8, 4) is 5.75 Å². The van der Waals surface area contributed by atoms with Gasteiger partial charge in [0.1, 0.15) is 22.7 Å². The zero-order valence-corrected chi connectivity index (χ0v) is 11.9. The molecular formula is C15H15N5O. The van der Waals surface area contributed by atoms with Crippen molar-refractivity contribution in [1.82, 2.24) is 20.4 Å². The summed E-state index contributed by atoms with van der Waals surface area (Å²) in [6.07, 6.45) is 1.80. The van der Waals surface area contributed by atoms with E-state index in [1.807, 2.05) is 30.3 Å². The maximum atomic E-state index is 6.10. The Labute approximate surface area is 121 Å². The Balaban J connectivity index is 1.92. The Kier molecular flexibility index (Phi) is 2.42. The molecule has 4 rings (SSSR count). The van der Waals surface area contributed by atoms with Crippen LogP contribution < -0.4 is 9.64 Å². The smallest absolute Gasteiger partial charge is 0.146 e. The van der Waals surface area contributed by atoms with Crippen LogP contribution in [0.1, 0.15) is 13.8 Å². The number of aromatic amines is 1. The van der Waals surface area contributed by atoms with Crippen LogP contribution in [0, 0.1) is 0 Å². The van der Waals surface area contributed by atoms with E-state index in [0.717, 1.165) is 34.8 Å². The molecule has 2 aromatic heterocycles. The second kappa shape index (κ2) is 4.18. The first-order valence-electron chi connectivity index (χ1n) is 6.85. The van der Waals surface area contributed by atoms with Crippen molar-refractivity contribution in [2.75, 3.05) is 11.4 Å². The summed E-state index contributed by atoms with van der Waals surface area (Å²) in [5, 5.41) is 10.8. The van der Waals surface area contributed by atoms with E-state index in [4.69, 9.17) is 4.74 Å². The lowest BCUT2D eigenvalue weighted by Crippen LogP contribution is -2.45. The number of hydrogen-bond acceptors (Lipinski definition) is 5. The fraction of sp³-hybridized carbons (Fsp3) is 0.267. The number of nitrogens with zero attached hydrogens (tertiary/aromatic N) is 4. The van der Waals surface area contributed by atoms with Gasteiger partial charge in [0, 0.05) is 12.3 Å².